The van der Waals surface area contributed by atoms with E-state index in [1.165, 1.54) is 12.3 Å². The molecule has 0 saturated carbocycles. The summed E-state index contributed by atoms with van der Waals surface area (Å²) < 4.78 is 4.88. The Kier molecular flexibility index (Phi) is 4.73. The van der Waals surface area contributed by atoms with E-state index in [0.29, 0.717) is 16.5 Å². The predicted molar refractivity (Wildman–Crippen MR) is 79.0 cm³/mol. The van der Waals surface area contributed by atoms with E-state index in [1.54, 1.807) is 30.3 Å². The van der Waals surface area contributed by atoms with Crippen molar-refractivity contribution >= 4 is 35.0 Å². The van der Waals surface area contributed by atoms with Gasteiger partial charge in [0.1, 0.15) is 5.82 Å². The number of aromatic nitrogens is 1. The number of nitrogen functional groups attached to an aromatic ring is 1. The Morgan fingerprint density at radius 1 is 1.29 bits per heavy atom. The molecular weight excluding hydrogens is 294 g/mol. The molecule has 0 unspecified atom stereocenters. The number of nitrogens with two attached hydrogens (primary N) is 1. The number of pyridine rings is 1. The number of rotatable bonds is 4. The minimum absolute atomic E-state index is 0.285. The Morgan fingerprint density at radius 3 is 2.76 bits per heavy atom. The molecule has 0 bridgehead atoms. The number of ether oxygens (including phenoxy) is 1. The monoisotopic (exact) mass is 305 g/mol. The Morgan fingerprint density at radius 2 is 2.10 bits per heavy atom. The maximum atomic E-state index is 11.7. The lowest BCUT2D eigenvalue weighted by Crippen LogP contribution is -2.21. The lowest BCUT2D eigenvalue weighted by molar-refractivity contribution is -0.119. The Balaban J connectivity index is 1.86. The van der Waals surface area contributed by atoms with Crippen LogP contribution in [0.4, 0.5) is 11.5 Å². The lowest BCUT2D eigenvalue weighted by Gasteiger charge is -2.06. The number of hydrogen-bond acceptors (Lipinski definition) is 5. The van der Waals surface area contributed by atoms with Crippen LogP contribution in [0.15, 0.2) is 42.6 Å². The standard InChI is InChI=1S/C14H12ClN3O3/c15-10-4-5-12(17-7-10)18-13(19)8-21-14(20)9-2-1-3-11(16)6-9/h1-7H,8,16H2,(H,17,18,19). The molecule has 0 aliphatic heterocycles. The molecule has 2 rings (SSSR count). The van der Waals surface area contributed by atoms with Crippen LogP contribution >= 0.6 is 11.6 Å². The number of esters is 1. The zero-order chi connectivity index (χ0) is 15.2. The van der Waals surface area contributed by atoms with Crippen molar-refractivity contribution in [1.29, 1.82) is 0 Å². The van der Waals surface area contributed by atoms with Crippen molar-refractivity contribution in [2.75, 3.05) is 17.7 Å². The largest absolute Gasteiger partial charge is 0.452 e. The molecule has 0 fully saturated rings. The summed E-state index contributed by atoms with van der Waals surface area (Å²) in [5, 5.41) is 2.94. The summed E-state index contributed by atoms with van der Waals surface area (Å²) >= 11 is 5.68. The van der Waals surface area contributed by atoms with Gasteiger partial charge in [-0.3, -0.25) is 4.79 Å². The first-order valence-corrected chi connectivity index (χ1v) is 6.36. The predicted octanol–water partition coefficient (Wildman–Crippen LogP) is 2.11. The molecule has 0 spiro atoms. The van der Waals surface area contributed by atoms with Crippen molar-refractivity contribution in [3.63, 3.8) is 0 Å². The third kappa shape index (κ3) is 4.47. The third-order valence-electron chi connectivity index (χ3n) is 2.45. The van der Waals surface area contributed by atoms with E-state index >= 15 is 0 Å². The van der Waals surface area contributed by atoms with Crippen LogP contribution in [-0.4, -0.2) is 23.5 Å². The van der Waals surface area contributed by atoms with Gasteiger partial charge in [0.25, 0.3) is 5.91 Å². The third-order valence-corrected chi connectivity index (χ3v) is 2.68. The van der Waals surface area contributed by atoms with Crippen LogP contribution in [0.1, 0.15) is 10.4 Å². The summed E-state index contributed by atoms with van der Waals surface area (Å²) in [6.45, 7) is -0.419. The van der Waals surface area contributed by atoms with E-state index in [0.717, 1.165) is 0 Å². The number of carbonyl (C=O) groups is 2. The number of nitrogens with zero attached hydrogens (tertiary/aromatic N) is 1. The van der Waals surface area contributed by atoms with Crippen molar-refractivity contribution in [2.24, 2.45) is 0 Å². The summed E-state index contributed by atoms with van der Waals surface area (Å²) in [7, 11) is 0. The molecule has 0 atom stereocenters. The number of anilines is 2. The summed E-state index contributed by atoms with van der Waals surface area (Å²) in [6.07, 6.45) is 1.40. The van der Waals surface area contributed by atoms with Crippen molar-refractivity contribution in [3.05, 3.63) is 53.2 Å². The second kappa shape index (κ2) is 6.71. The zero-order valence-electron chi connectivity index (χ0n) is 10.9. The van der Waals surface area contributed by atoms with Crippen molar-refractivity contribution in [1.82, 2.24) is 4.98 Å². The molecular formula is C14H12ClN3O3. The fourth-order valence-corrected chi connectivity index (χ4v) is 1.62. The van der Waals surface area contributed by atoms with E-state index in [4.69, 9.17) is 22.1 Å². The molecule has 1 heterocycles. The van der Waals surface area contributed by atoms with Gasteiger partial charge in [-0.25, -0.2) is 9.78 Å². The molecule has 6 nitrogen and oxygen atoms in total. The minimum Gasteiger partial charge on any atom is -0.452 e. The van der Waals surface area contributed by atoms with Crippen LogP contribution in [0, 0.1) is 0 Å². The normalized spacial score (nSPS) is 9.95. The second-order valence-electron chi connectivity index (χ2n) is 4.11. The van der Waals surface area contributed by atoms with Gasteiger partial charge in [-0.2, -0.15) is 0 Å². The average Bonchev–Trinajstić information content (AvgIpc) is 2.47. The maximum Gasteiger partial charge on any atom is 0.338 e. The zero-order valence-corrected chi connectivity index (χ0v) is 11.6. The van der Waals surface area contributed by atoms with Gasteiger partial charge in [0.05, 0.1) is 10.6 Å². The summed E-state index contributed by atoms with van der Waals surface area (Å²) in [6, 6.07) is 9.43. The van der Waals surface area contributed by atoms with E-state index in [2.05, 4.69) is 10.3 Å². The molecule has 21 heavy (non-hydrogen) atoms. The fourth-order valence-electron chi connectivity index (χ4n) is 1.51. The van der Waals surface area contributed by atoms with Gasteiger partial charge in [-0.05, 0) is 30.3 Å². The quantitative estimate of drug-likeness (QED) is 0.666. The number of hydrogen-bond donors (Lipinski definition) is 2. The molecule has 7 heteroatoms. The Labute approximate surface area is 125 Å². The van der Waals surface area contributed by atoms with E-state index in [9.17, 15) is 9.59 Å². The SMILES string of the molecule is Nc1cccc(C(=O)OCC(=O)Nc2ccc(Cl)cn2)c1. The second-order valence-corrected chi connectivity index (χ2v) is 4.55. The highest BCUT2D eigenvalue weighted by molar-refractivity contribution is 6.30. The first-order valence-electron chi connectivity index (χ1n) is 5.98. The molecule has 1 aromatic heterocycles. The van der Waals surface area contributed by atoms with E-state index in [-0.39, 0.29) is 5.56 Å². The lowest BCUT2D eigenvalue weighted by atomic mass is 10.2. The van der Waals surface area contributed by atoms with Crippen LogP contribution in [0.25, 0.3) is 0 Å². The van der Waals surface area contributed by atoms with Gasteiger partial charge in [-0.1, -0.05) is 17.7 Å². The number of amides is 1. The molecule has 2 aromatic rings. The average molecular weight is 306 g/mol. The molecule has 0 saturated heterocycles. The van der Waals surface area contributed by atoms with Gasteiger partial charge < -0.3 is 15.8 Å². The van der Waals surface area contributed by atoms with E-state index < -0.39 is 18.5 Å². The highest BCUT2D eigenvalue weighted by Gasteiger charge is 2.10. The first-order chi connectivity index (χ1) is 10.0. The highest BCUT2D eigenvalue weighted by Crippen LogP contribution is 2.10. The smallest absolute Gasteiger partial charge is 0.338 e. The van der Waals surface area contributed by atoms with Gasteiger partial charge >= 0.3 is 5.97 Å². The maximum absolute atomic E-state index is 11.7. The minimum atomic E-state index is -0.624. The van der Waals surface area contributed by atoms with E-state index in [1.807, 2.05) is 0 Å². The van der Waals surface area contributed by atoms with Crippen LogP contribution in [0.3, 0.4) is 0 Å². The highest BCUT2D eigenvalue weighted by atomic mass is 35.5. The molecule has 0 aliphatic carbocycles. The van der Waals surface area contributed by atoms with Crippen LogP contribution in [0.2, 0.25) is 5.02 Å². The first kappa shape index (κ1) is 14.8. The molecule has 1 amide bonds. The van der Waals surface area contributed by atoms with Gasteiger partial charge in [0.2, 0.25) is 0 Å². The molecule has 0 radical (unpaired) electrons. The number of halogens is 1. The van der Waals surface area contributed by atoms with Gasteiger partial charge in [0.15, 0.2) is 6.61 Å². The van der Waals surface area contributed by atoms with Crippen molar-refractivity contribution in [3.8, 4) is 0 Å². The van der Waals surface area contributed by atoms with Crippen LogP contribution in [-0.2, 0) is 9.53 Å². The molecule has 0 aliphatic rings. The molecule has 108 valence electrons. The van der Waals surface area contributed by atoms with Crippen molar-refractivity contribution in [2.45, 2.75) is 0 Å². The number of nitrogens with one attached hydrogen (secondary N) is 1. The fraction of sp³-hybridized carbons (Fsp3) is 0.0714. The van der Waals surface area contributed by atoms with Gasteiger partial charge in [-0.15, -0.1) is 0 Å². The van der Waals surface area contributed by atoms with Crippen LogP contribution < -0.4 is 11.1 Å². The topological polar surface area (TPSA) is 94.3 Å². The van der Waals surface area contributed by atoms with Crippen LogP contribution in [0.5, 0.6) is 0 Å². The summed E-state index contributed by atoms with van der Waals surface area (Å²) in [5.41, 5.74) is 6.29. The Bertz CT molecular complexity index is 659. The molecule has 3 N–H and O–H groups in total. The summed E-state index contributed by atoms with van der Waals surface area (Å²) in [4.78, 5) is 27.2. The molecule has 1 aromatic carbocycles. The Hall–Kier alpha value is -2.60. The number of carbonyl (C=O) groups excluding carboxylic acids is 2. The number of benzene rings is 1. The summed E-state index contributed by atoms with van der Waals surface area (Å²) in [5.74, 6) is -0.798. The van der Waals surface area contributed by atoms with Crippen molar-refractivity contribution < 1.29 is 14.3 Å². The van der Waals surface area contributed by atoms with Gasteiger partial charge in [0, 0.05) is 11.9 Å².